The molecule has 0 heterocycles. The predicted octanol–water partition coefficient (Wildman–Crippen LogP) is 3.91. The summed E-state index contributed by atoms with van der Waals surface area (Å²) in [6.45, 7) is 12.3. The Hall–Kier alpha value is -1.15. The van der Waals surface area contributed by atoms with Crippen LogP contribution in [0, 0.1) is 26.7 Å². The van der Waals surface area contributed by atoms with Gasteiger partial charge in [0.15, 0.2) is 5.78 Å². The van der Waals surface area contributed by atoms with Crippen molar-refractivity contribution in [1.82, 2.24) is 4.90 Å². The molecule has 0 spiro atoms. The normalized spacial score (nSPS) is 15.2. The van der Waals surface area contributed by atoms with Crippen LogP contribution in [0.4, 0.5) is 0 Å². The van der Waals surface area contributed by atoms with Crippen LogP contribution in [0.15, 0.2) is 12.1 Å². The summed E-state index contributed by atoms with van der Waals surface area (Å²) in [5.74, 6) is 0.891. The first-order valence-electron chi connectivity index (χ1n) is 7.73. The van der Waals surface area contributed by atoms with E-state index in [1.165, 1.54) is 24.0 Å². The predicted molar refractivity (Wildman–Crippen MR) is 84.4 cm³/mol. The van der Waals surface area contributed by atoms with Crippen molar-refractivity contribution in [3.8, 4) is 0 Å². The molecule has 0 amide bonds. The first-order chi connectivity index (χ1) is 9.38. The summed E-state index contributed by atoms with van der Waals surface area (Å²) in [5, 5.41) is 0. The maximum Gasteiger partial charge on any atom is 0.177 e. The summed E-state index contributed by atoms with van der Waals surface area (Å²) in [7, 11) is 0. The van der Waals surface area contributed by atoms with Gasteiger partial charge in [-0.1, -0.05) is 19.9 Å². The van der Waals surface area contributed by atoms with Gasteiger partial charge in [0, 0.05) is 18.2 Å². The van der Waals surface area contributed by atoms with E-state index in [2.05, 4.69) is 44.7 Å². The number of aryl methyl sites for hydroxylation is 3. The van der Waals surface area contributed by atoms with Gasteiger partial charge in [-0.3, -0.25) is 9.69 Å². The summed E-state index contributed by atoms with van der Waals surface area (Å²) < 4.78 is 0. The molecule has 1 aliphatic rings. The minimum absolute atomic E-state index is 0.276. The number of nitrogens with zero attached hydrogens (tertiary/aromatic N) is 1. The lowest BCUT2D eigenvalue weighted by atomic mass is 9.97. The zero-order valence-electron chi connectivity index (χ0n) is 13.5. The van der Waals surface area contributed by atoms with Crippen molar-refractivity contribution in [1.29, 1.82) is 0 Å². The highest BCUT2D eigenvalue weighted by molar-refractivity contribution is 5.99. The molecule has 0 N–H and O–H groups in total. The van der Waals surface area contributed by atoms with Crippen LogP contribution in [0.2, 0.25) is 0 Å². The molecule has 0 aliphatic heterocycles. The Kier molecular flexibility index (Phi) is 4.64. The van der Waals surface area contributed by atoms with Crippen molar-refractivity contribution < 1.29 is 4.79 Å². The summed E-state index contributed by atoms with van der Waals surface area (Å²) in [6.07, 6.45) is 2.51. The van der Waals surface area contributed by atoms with Crippen LogP contribution in [0.1, 0.15) is 53.7 Å². The Balaban J connectivity index is 2.12. The third-order valence-corrected chi connectivity index (χ3v) is 4.15. The Morgan fingerprint density at radius 2 is 1.75 bits per heavy atom. The molecule has 2 nitrogen and oxygen atoms in total. The third kappa shape index (κ3) is 3.69. The van der Waals surface area contributed by atoms with Crippen molar-refractivity contribution in [3.63, 3.8) is 0 Å². The molecule has 1 saturated carbocycles. The fraction of sp³-hybridized carbons (Fsp3) is 0.611. The zero-order valence-corrected chi connectivity index (χ0v) is 13.5. The molecule has 0 unspecified atom stereocenters. The van der Waals surface area contributed by atoms with E-state index in [1.807, 2.05) is 6.92 Å². The zero-order chi connectivity index (χ0) is 14.9. The van der Waals surface area contributed by atoms with Crippen molar-refractivity contribution in [2.75, 3.05) is 13.1 Å². The molecule has 2 heteroatoms. The molecule has 0 radical (unpaired) electrons. The maximum atomic E-state index is 12.6. The smallest absolute Gasteiger partial charge is 0.177 e. The third-order valence-electron chi connectivity index (χ3n) is 4.15. The SMILES string of the molecule is Cc1cc(C)c(C(=O)CN(CC(C)C)C2CC2)cc1C. The van der Waals surface area contributed by atoms with Gasteiger partial charge in [-0.2, -0.15) is 0 Å². The van der Waals surface area contributed by atoms with Crippen molar-refractivity contribution in [2.45, 2.75) is 53.5 Å². The second-order valence-corrected chi connectivity index (χ2v) is 6.73. The van der Waals surface area contributed by atoms with Gasteiger partial charge in [-0.15, -0.1) is 0 Å². The summed E-state index contributed by atoms with van der Waals surface area (Å²) >= 11 is 0. The molecule has 110 valence electrons. The highest BCUT2D eigenvalue weighted by atomic mass is 16.1. The summed E-state index contributed by atoms with van der Waals surface area (Å²) in [5.41, 5.74) is 4.49. The fourth-order valence-corrected chi connectivity index (χ4v) is 2.78. The number of carbonyl (C=O) groups is 1. The largest absolute Gasteiger partial charge is 0.293 e. The van der Waals surface area contributed by atoms with Gasteiger partial charge >= 0.3 is 0 Å². The standard InChI is InChI=1S/C18H27NO/c1-12(2)10-19(16-6-7-16)11-18(20)17-9-14(4)13(3)8-15(17)5/h8-9,12,16H,6-7,10-11H2,1-5H3. The van der Waals surface area contributed by atoms with Gasteiger partial charge in [0.2, 0.25) is 0 Å². The molecule has 0 saturated heterocycles. The summed E-state index contributed by atoms with van der Waals surface area (Å²) in [6, 6.07) is 4.84. The van der Waals surface area contributed by atoms with Crippen LogP contribution in [-0.2, 0) is 0 Å². The van der Waals surface area contributed by atoms with E-state index >= 15 is 0 Å². The number of hydrogen-bond acceptors (Lipinski definition) is 2. The number of rotatable bonds is 6. The lowest BCUT2D eigenvalue weighted by molar-refractivity contribution is 0.0914. The average molecular weight is 273 g/mol. The van der Waals surface area contributed by atoms with Crippen molar-refractivity contribution >= 4 is 5.78 Å². The van der Waals surface area contributed by atoms with E-state index in [-0.39, 0.29) is 5.78 Å². The lowest BCUT2D eigenvalue weighted by Gasteiger charge is -2.23. The second-order valence-electron chi connectivity index (χ2n) is 6.73. The van der Waals surface area contributed by atoms with Gasteiger partial charge in [0.25, 0.3) is 0 Å². The van der Waals surface area contributed by atoms with E-state index in [1.54, 1.807) is 0 Å². The Bertz CT molecular complexity index is 500. The molecule has 0 atom stereocenters. The van der Waals surface area contributed by atoms with Crippen LogP contribution in [0.3, 0.4) is 0 Å². The van der Waals surface area contributed by atoms with Crippen molar-refractivity contribution in [3.05, 3.63) is 34.4 Å². The van der Waals surface area contributed by atoms with E-state index < -0.39 is 0 Å². The molecule has 1 aromatic rings. The van der Waals surface area contributed by atoms with Crippen LogP contribution in [0.25, 0.3) is 0 Å². The van der Waals surface area contributed by atoms with E-state index in [9.17, 15) is 4.79 Å². The number of hydrogen-bond donors (Lipinski definition) is 0. The highest BCUT2D eigenvalue weighted by Gasteiger charge is 2.30. The van der Waals surface area contributed by atoms with E-state index in [0.717, 1.165) is 17.7 Å². The molecular weight excluding hydrogens is 246 g/mol. The van der Waals surface area contributed by atoms with E-state index in [4.69, 9.17) is 0 Å². The van der Waals surface area contributed by atoms with Crippen molar-refractivity contribution in [2.24, 2.45) is 5.92 Å². The maximum absolute atomic E-state index is 12.6. The van der Waals surface area contributed by atoms with Gasteiger partial charge in [-0.05, 0) is 62.3 Å². The van der Waals surface area contributed by atoms with Crippen LogP contribution >= 0.6 is 0 Å². The Morgan fingerprint density at radius 1 is 1.15 bits per heavy atom. The first-order valence-corrected chi connectivity index (χ1v) is 7.73. The lowest BCUT2D eigenvalue weighted by Crippen LogP contribution is -2.35. The van der Waals surface area contributed by atoms with Gasteiger partial charge < -0.3 is 0 Å². The molecule has 1 fully saturated rings. The van der Waals surface area contributed by atoms with Crippen LogP contribution in [0.5, 0.6) is 0 Å². The minimum Gasteiger partial charge on any atom is -0.293 e. The molecule has 2 rings (SSSR count). The number of Topliss-reactive ketones (excluding diaryl/α,β-unsaturated/α-hetero) is 1. The molecule has 1 aliphatic carbocycles. The summed E-state index contributed by atoms with van der Waals surface area (Å²) in [4.78, 5) is 15.0. The van der Waals surface area contributed by atoms with Gasteiger partial charge in [-0.25, -0.2) is 0 Å². The second kappa shape index (κ2) is 6.09. The monoisotopic (exact) mass is 273 g/mol. The minimum atomic E-state index is 0.276. The topological polar surface area (TPSA) is 20.3 Å². The first kappa shape index (κ1) is 15.2. The molecule has 0 aromatic heterocycles. The molecule has 20 heavy (non-hydrogen) atoms. The highest BCUT2D eigenvalue weighted by Crippen LogP contribution is 2.28. The quantitative estimate of drug-likeness (QED) is 0.732. The average Bonchev–Trinajstić information content (AvgIpc) is 3.16. The molecule has 0 bridgehead atoms. The van der Waals surface area contributed by atoms with E-state index in [0.29, 0.717) is 18.5 Å². The molecular formula is C18H27NO. The van der Waals surface area contributed by atoms with Crippen LogP contribution < -0.4 is 0 Å². The Labute approximate surface area is 123 Å². The Morgan fingerprint density at radius 3 is 2.30 bits per heavy atom. The van der Waals surface area contributed by atoms with Gasteiger partial charge in [0.05, 0.1) is 6.54 Å². The van der Waals surface area contributed by atoms with Crippen LogP contribution in [-0.4, -0.2) is 29.8 Å². The number of benzene rings is 1. The van der Waals surface area contributed by atoms with Gasteiger partial charge in [0.1, 0.15) is 0 Å². The molecule has 1 aromatic carbocycles. The number of ketones is 1. The number of carbonyl (C=O) groups excluding carboxylic acids is 1. The fourth-order valence-electron chi connectivity index (χ4n) is 2.78.